The summed E-state index contributed by atoms with van der Waals surface area (Å²) in [6.45, 7) is 8.15. The molecule has 7 heteroatoms. The highest BCUT2D eigenvalue weighted by Gasteiger charge is 2.22. The number of ether oxygens (including phenoxy) is 2. The first-order chi connectivity index (χ1) is 12.7. The Morgan fingerprint density at radius 2 is 2.00 bits per heavy atom. The molecular formula is C19H31FN4O2. The molecule has 1 aromatic carbocycles. The van der Waals surface area contributed by atoms with Crippen LogP contribution in [-0.4, -0.2) is 70.5 Å². The Bertz CT molecular complexity index is 533. The second-order valence-electron chi connectivity index (χ2n) is 6.15. The third kappa shape index (κ3) is 6.90. The van der Waals surface area contributed by atoms with Crippen molar-refractivity contribution < 1.29 is 13.9 Å². The van der Waals surface area contributed by atoms with Gasteiger partial charge >= 0.3 is 0 Å². The Hall–Kier alpha value is -1.70. The summed E-state index contributed by atoms with van der Waals surface area (Å²) in [7, 11) is 1.76. The van der Waals surface area contributed by atoms with Crippen LogP contribution in [0.15, 0.2) is 29.3 Å². The van der Waals surface area contributed by atoms with E-state index in [9.17, 15) is 4.39 Å². The lowest BCUT2D eigenvalue weighted by Gasteiger charge is -2.35. The fraction of sp³-hybridized carbons (Fsp3) is 0.632. The van der Waals surface area contributed by atoms with Gasteiger partial charge in [0.2, 0.25) is 0 Å². The normalized spacial score (nSPS) is 17.1. The van der Waals surface area contributed by atoms with Crippen molar-refractivity contribution in [2.75, 3.05) is 59.7 Å². The van der Waals surface area contributed by atoms with Crippen molar-refractivity contribution >= 4 is 5.96 Å². The second-order valence-corrected chi connectivity index (χ2v) is 6.15. The minimum Gasteiger partial charge on any atom is -0.382 e. The van der Waals surface area contributed by atoms with Crippen LogP contribution < -0.4 is 10.6 Å². The molecule has 1 fully saturated rings. The first kappa shape index (κ1) is 20.6. The van der Waals surface area contributed by atoms with Crippen LogP contribution in [0.4, 0.5) is 4.39 Å². The van der Waals surface area contributed by atoms with Crippen molar-refractivity contribution in [3.05, 3.63) is 35.6 Å². The number of hydrogen-bond donors (Lipinski definition) is 2. The van der Waals surface area contributed by atoms with Gasteiger partial charge < -0.3 is 20.1 Å². The van der Waals surface area contributed by atoms with Gasteiger partial charge in [-0.3, -0.25) is 9.89 Å². The quantitative estimate of drug-likeness (QED) is 0.396. The lowest BCUT2D eigenvalue weighted by atomic mass is 10.0. The number of morpholine rings is 1. The number of guanidine groups is 1. The predicted octanol–water partition coefficient (Wildman–Crippen LogP) is 1.79. The molecule has 1 heterocycles. The van der Waals surface area contributed by atoms with Crippen LogP contribution in [0.3, 0.4) is 0 Å². The Balaban J connectivity index is 1.91. The fourth-order valence-electron chi connectivity index (χ4n) is 2.97. The highest BCUT2D eigenvalue weighted by Crippen LogP contribution is 2.21. The molecule has 0 amide bonds. The number of aliphatic imine (C=N–C) groups is 1. The molecule has 0 bridgehead atoms. The highest BCUT2D eigenvalue weighted by molar-refractivity contribution is 5.79. The second kappa shape index (κ2) is 11.8. The van der Waals surface area contributed by atoms with Gasteiger partial charge in [0.15, 0.2) is 5.96 Å². The number of benzene rings is 1. The zero-order valence-corrected chi connectivity index (χ0v) is 15.8. The van der Waals surface area contributed by atoms with E-state index in [0.29, 0.717) is 6.54 Å². The molecule has 26 heavy (non-hydrogen) atoms. The van der Waals surface area contributed by atoms with Gasteiger partial charge in [0.25, 0.3) is 0 Å². The standard InChI is InChI=1S/C19H31FN4O2/c1-3-25-12-4-9-22-19(21-2)23-15-18(24-10-13-26-14-11-24)16-5-7-17(20)8-6-16/h5-8,18H,3-4,9-15H2,1-2H3,(H2,21,22,23). The minimum absolute atomic E-state index is 0.140. The molecule has 146 valence electrons. The summed E-state index contributed by atoms with van der Waals surface area (Å²) in [6, 6.07) is 6.89. The summed E-state index contributed by atoms with van der Waals surface area (Å²) in [5, 5.41) is 6.70. The fourth-order valence-corrected chi connectivity index (χ4v) is 2.97. The van der Waals surface area contributed by atoms with Gasteiger partial charge in [0, 0.05) is 46.4 Å². The molecule has 1 aliphatic rings. The van der Waals surface area contributed by atoms with Crippen molar-refractivity contribution in [1.82, 2.24) is 15.5 Å². The first-order valence-corrected chi connectivity index (χ1v) is 9.34. The van der Waals surface area contributed by atoms with Crippen molar-refractivity contribution in [3.63, 3.8) is 0 Å². The van der Waals surface area contributed by atoms with Gasteiger partial charge in [-0.15, -0.1) is 0 Å². The summed E-state index contributed by atoms with van der Waals surface area (Å²) in [5.74, 6) is 0.552. The summed E-state index contributed by atoms with van der Waals surface area (Å²) < 4.78 is 24.1. The summed E-state index contributed by atoms with van der Waals surface area (Å²) >= 11 is 0. The molecule has 0 aromatic heterocycles. The van der Waals surface area contributed by atoms with Crippen LogP contribution in [0, 0.1) is 5.82 Å². The van der Waals surface area contributed by atoms with Crippen LogP contribution in [0.1, 0.15) is 24.9 Å². The van der Waals surface area contributed by atoms with Crippen LogP contribution in [0.25, 0.3) is 0 Å². The van der Waals surface area contributed by atoms with Crippen LogP contribution in [0.2, 0.25) is 0 Å². The zero-order valence-electron chi connectivity index (χ0n) is 15.8. The average molecular weight is 366 g/mol. The summed E-state index contributed by atoms with van der Waals surface area (Å²) in [6.07, 6.45) is 0.930. The Labute approximate surface area is 155 Å². The molecule has 1 atom stereocenters. The smallest absolute Gasteiger partial charge is 0.191 e. The third-order valence-corrected chi connectivity index (χ3v) is 4.39. The Morgan fingerprint density at radius 3 is 2.65 bits per heavy atom. The van der Waals surface area contributed by atoms with Gasteiger partial charge in [0.1, 0.15) is 5.82 Å². The molecule has 0 saturated carbocycles. The molecule has 0 spiro atoms. The van der Waals surface area contributed by atoms with Crippen LogP contribution >= 0.6 is 0 Å². The van der Waals surface area contributed by atoms with E-state index in [1.807, 2.05) is 19.1 Å². The van der Waals surface area contributed by atoms with Crippen LogP contribution in [0.5, 0.6) is 0 Å². The van der Waals surface area contributed by atoms with E-state index in [4.69, 9.17) is 9.47 Å². The largest absolute Gasteiger partial charge is 0.382 e. The molecule has 0 aliphatic carbocycles. The maximum atomic E-state index is 13.3. The number of rotatable bonds is 9. The van der Waals surface area contributed by atoms with Gasteiger partial charge in [-0.2, -0.15) is 0 Å². The molecule has 1 aliphatic heterocycles. The average Bonchev–Trinajstić information content (AvgIpc) is 2.68. The molecule has 2 rings (SSSR count). The number of nitrogens with zero attached hydrogens (tertiary/aromatic N) is 2. The van der Waals surface area contributed by atoms with E-state index in [1.165, 1.54) is 12.1 Å². The molecule has 1 saturated heterocycles. The Kier molecular flexibility index (Phi) is 9.38. The van der Waals surface area contributed by atoms with E-state index in [0.717, 1.165) is 64.0 Å². The molecule has 1 aromatic rings. The lowest BCUT2D eigenvalue weighted by Crippen LogP contribution is -2.46. The molecule has 6 nitrogen and oxygen atoms in total. The van der Waals surface area contributed by atoms with E-state index < -0.39 is 0 Å². The predicted molar refractivity (Wildman–Crippen MR) is 102 cm³/mol. The summed E-state index contributed by atoms with van der Waals surface area (Å²) in [4.78, 5) is 6.65. The van der Waals surface area contributed by atoms with E-state index in [-0.39, 0.29) is 11.9 Å². The maximum absolute atomic E-state index is 13.3. The molecule has 2 N–H and O–H groups in total. The summed E-state index contributed by atoms with van der Waals surface area (Å²) in [5.41, 5.74) is 1.09. The van der Waals surface area contributed by atoms with Gasteiger partial charge in [-0.25, -0.2) is 4.39 Å². The van der Waals surface area contributed by atoms with Crippen LogP contribution in [-0.2, 0) is 9.47 Å². The Morgan fingerprint density at radius 1 is 1.27 bits per heavy atom. The molecular weight excluding hydrogens is 335 g/mol. The van der Waals surface area contributed by atoms with E-state index in [2.05, 4.69) is 20.5 Å². The van der Waals surface area contributed by atoms with Crippen molar-refractivity contribution in [2.24, 2.45) is 4.99 Å². The van der Waals surface area contributed by atoms with Crippen molar-refractivity contribution in [1.29, 1.82) is 0 Å². The van der Waals surface area contributed by atoms with Crippen molar-refractivity contribution in [3.8, 4) is 0 Å². The monoisotopic (exact) mass is 366 g/mol. The molecule has 0 radical (unpaired) electrons. The number of halogens is 1. The lowest BCUT2D eigenvalue weighted by molar-refractivity contribution is 0.0170. The highest BCUT2D eigenvalue weighted by atomic mass is 19.1. The van der Waals surface area contributed by atoms with Gasteiger partial charge in [0.05, 0.1) is 19.3 Å². The third-order valence-electron chi connectivity index (χ3n) is 4.39. The van der Waals surface area contributed by atoms with Gasteiger partial charge in [-0.05, 0) is 31.0 Å². The van der Waals surface area contributed by atoms with E-state index in [1.54, 1.807) is 7.05 Å². The number of hydrogen-bond acceptors (Lipinski definition) is 4. The minimum atomic E-state index is -0.214. The van der Waals surface area contributed by atoms with Crippen molar-refractivity contribution in [2.45, 2.75) is 19.4 Å². The van der Waals surface area contributed by atoms with Gasteiger partial charge in [-0.1, -0.05) is 12.1 Å². The van der Waals surface area contributed by atoms with E-state index >= 15 is 0 Å². The maximum Gasteiger partial charge on any atom is 0.191 e. The topological polar surface area (TPSA) is 58.1 Å². The number of nitrogens with one attached hydrogen (secondary N) is 2. The SMILES string of the molecule is CCOCCCNC(=NC)NCC(c1ccc(F)cc1)N1CCOCC1. The molecule has 1 unspecified atom stereocenters. The zero-order chi connectivity index (χ0) is 18.6. The first-order valence-electron chi connectivity index (χ1n) is 9.34.